The molecule has 0 heterocycles. The summed E-state index contributed by atoms with van der Waals surface area (Å²) in [5.74, 6) is -0.353. The van der Waals surface area contributed by atoms with Crippen LogP contribution in [-0.4, -0.2) is 13.1 Å². The summed E-state index contributed by atoms with van der Waals surface area (Å²) in [7, 11) is 1.41. The molecule has 180 valence electrons. The first-order valence-electron chi connectivity index (χ1n) is 11.8. The highest BCUT2D eigenvalue weighted by atomic mass is 16.5. The second-order valence-corrected chi connectivity index (χ2v) is 7.41. The van der Waals surface area contributed by atoms with Crippen LogP contribution in [0.3, 0.4) is 0 Å². The summed E-state index contributed by atoms with van der Waals surface area (Å²) in [6.07, 6.45) is 10.6. The monoisotopic (exact) mass is 449 g/mol. The van der Waals surface area contributed by atoms with Gasteiger partial charge in [0.15, 0.2) is 0 Å². The summed E-state index contributed by atoms with van der Waals surface area (Å²) in [4.78, 5) is 11.6. The lowest BCUT2D eigenvalue weighted by Gasteiger charge is -2.13. The molecule has 0 aliphatic rings. The number of rotatable bonds is 9. The fourth-order valence-electron chi connectivity index (χ4n) is 3.23. The molecule has 2 rings (SSSR count). The SMILES string of the molecule is C/C=C\C(=C/CC)c1ccc(C)cc1.C=CCC(Cc1cccc(CN)c1)C(=O)OC.CC. The lowest BCUT2D eigenvalue weighted by Crippen LogP contribution is -2.18. The maximum absolute atomic E-state index is 11.6. The van der Waals surface area contributed by atoms with Gasteiger partial charge >= 0.3 is 5.97 Å². The van der Waals surface area contributed by atoms with Crippen LogP contribution in [0.25, 0.3) is 5.57 Å². The van der Waals surface area contributed by atoms with Crippen molar-refractivity contribution in [2.45, 2.75) is 60.4 Å². The fourth-order valence-corrected chi connectivity index (χ4v) is 3.23. The molecule has 0 radical (unpaired) electrons. The molecule has 0 saturated carbocycles. The Morgan fingerprint density at radius 3 is 2.27 bits per heavy atom. The number of hydrogen-bond donors (Lipinski definition) is 1. The van der Waals surface area contributed by atoms with Crippen LogP contribution in [0.5, 0.6) is 0 Å². The number of carbonyl (C=O) groups is 1. The van der Waals surface area contributed by atoms with Crippen LogP contribution in [-0.2, 0) is 22.5 Å². The molecule has 2 aromatic rings. The number of hydrogen-bond acceptors (Lipinski definition) is 3. The van der Waals surface area contributed by atoms with Gasteiger partial charge in [-0.25, -0.2) is 0 Å². The molecule has 1 unspecified atom stereocenters. The van der Waals surface area contributed by atoms with E-state index in [0.717, 1.165) is 17.5 Å². The summed E-state index contributed by atoms with van der Waals surface area (Å²) >= 11 is 0. The van der Waals surface area contributed by atoms with Gasteiger partial charge in [-0.2, -0.15) is 0 Å². The third-order valence-corrected chi connectivity index (χ3v) is 4.85. The normalized spacial score (nSPS) is 11.5. The van der Waals surface area contributed by atoms with Crippen molar-refractivity contribution in [1.82, 2.24) is 0 Å². The zero-order chi connectivity index (χ0) is 25.1. The lowest BCUT2D eigenvalue weighted by molar-refractivity contribution is -0.145. The molecule has 0 aromatic heterocycles. The molecule has 1 atom stereocenters. The second kappa shape index (κ2) is 18.6. The average Bonchev–Trinajstić information content (AvgIpc) is 2.85. The molecule has 0 saturated heterocycles. The highest BCUT2D eigenvalue weighted by Crippen LogP contribution is 2.17. The first-order valence-corrected chi connectivity index (χ1v) is 11.8. The molecule has 0 aliphatic carbocycles. The minimum absolute atomic E-state index is 0.162. The number of esters is 1. The molecule has 0 bridgehead atoms. The quantitative estimate of drug-likeness (QED) is 0.246. The van der Waals surface area contributed by atoms with Crippen LogP contribution < -0.4 is 5.73 Å². The third kappa shape index (κ3) is 12.1. The number of benzene rings is 2. The standard InChI is InChI=1S/C14H19NO2.C14H18.C2H6/c1-3-5-13(14(16)17-2)9-11-6-4-7-12(8-11)10-15;1-4-6-13(7-5-2)14-10-8-12(3)9-11-14;1-2/h3-4,6-8,13H,1,5,9-10,15H2,2H3;4,6-11H,5H2,1-3H3;1-2H3/b;6-4-,13-7+;. The van der Waals surface area contributed by atoms with Crippen molar-refractivity contribution in [3.05, 3.63) is 102 Å². The molecule has 0 fully saturated rings. The molecule has 0 amide bonds. The van der Waals surface area contributed by atoms with Crippen molar-refractivity contribution in [3.8, 4) is 0 Å². The van der Waals surface area contributed by atoms with E-state index < -0.39 is 0 Å². The van der Waals surface area contributed by atoms with E-state index in [2.05, 4.69) is 69.8 Å². The van der Waals surface area contributed by atoms with E-state index >= 15 is 0 Å². The van der Waals surface area contributed by atoms with Gasteiger partial charge in [0, 0.05) is 6.54 Å². The van der Waals surface area contributed by atoms with Crippen molar-refractivity contribution in [2.75, 3.05) is 7.11 Å². The molecular formula is C30H43NO2. The Morgan fingerprint density at radius 2 is 1.76 bits per heavy atom. The van der Waals surface area contributed by atoms with Gasteiger partial charge in [-0.15, -0.1) is 6.58 Å². The van der Waals surface area contributed by atoms with Gasteiger partial charge in [0.25, 0.3) is 0 Å². The van der Waals surface area contributed by atoms with Crippen molar-refractivity contribution in [1.29, 1.82) is 0 Å². The minimum atomic E-state index is -0.192. The summed E-state index contributed by atoms with van der Waals surface area (Å²) in [6, 6.07) is 16.6. The number of nitrogens with two attached hydrogens (primary N) is 1. The molecule has 2 aromatic carbocycles. The van der Waals surface area contributed by atoms with Crippen molar-refractivity contribution < 1.29 is 9.53 Å². The number of aryl methyl sites for hydroxylation is 1. The Labute approximate surface area is 202 Å². The van der Waals surface area contributed by atoms with E-state index in [4.69, 9.17) is 10.5 Å². The van der Waals surface area contributed by atoms with Crippen molar-refractivity contribution in [3.63, 3.8) is 0 Å². The van der Waals surface area contributed by atoms with Crippen LogP contribution in [0, 0.1) is 12.8 Å². The maximum atomic E-state index is 11.6. The van der Waals surface area contributed by atoms with E-state index in [1.165, 1.54) is 23.8 Å². The minimum Gasteiger partial charge on any atom is -0.469 e. The first kappa shape index (κ1) is 30.1. The van der Waals surface area contributed by atoms with Crippen LogP contribution in [0.15, 0.2) is 79.4 Å². The molecule has 0 aliphatic heterocycles. The van der Waals surface area contributed by atoms with E-state index in [9.17, 15) is 4.79 Å². The van der Waals surface area contributed by atoms with Gasteiger partial charge in [0.1, 0.15) is 0 Å². The molecule has 3 nitrogen and oxygen atoms in total. The Hall–Kier alpha value is -2.91. The molecule has 33 heavy (non-hydrogen) atoms. The van der Waals surface area contributed by atoms with Crippen LogP contribution in [0.1, 0.15) is 62.8 Å². The number of allylic oxidation sites excluding steroid dienone is 5. The van der Waals surface area contributed by atoms with Crippen molar-refractivity contribution >= 4 is 11.5 Å². The third-order valence-electron chi connectivity index (χ3n) is 4.85. The summed E-state index contributed by atoms with van der Waals surface area (Å²) in [5.41, 5.74) is 11.7. The highest BCUT2D eigenvalue weighted by Gasteiger charge is 2.18. The maximum Gasteiger partial charge on any atom is 0.309 e. The molecule has 2 N–H and O–H groups in total. The van der Waals surface area contributed by atoms with Crippen LogP contribution >= 0.6 is 0 Å². The van der Waals surface area contributed by atoms with E-state index in [1.807, 2.05) is 38.1 Å². The zero-order valence-electron chi connectivity index (χ0n) is 21.4. The van der Waals surface area contributed by atoms with Gasteiger partial charge < -0.3 is 10.5 Å². The largest absolute Gasteiger partial charge is 0.469 e. The van der Waals surface area contributed by atoms with Crippen molar-refractivity contribution in [2.24, 2.45) is 11.7 Å². The topological polar surface area (TPSA) is 52.3 Å². The van der Waals surface area contributed by atoms with E-state index in [-0.39, 0.29) is 11.9 Å². The average molecular weight is 450 g/mol. The molecule has 0 spiro atoms. The second-order valence-electron chi connectivity index (χ2n) is 7.41. The van der Waals surface area contributed by atoms with Gasteiger partial charge in [0.05, 0.1) is 13.0 Å². The molecule has 3 heteroatoms. The van der Waals surface area contributed by atoms with Gasteiger partial charge in [-0.05, 0) is 55.4 Å². The Kier molecular flexibility index (Phi) is 17.0. The Morgan fingerprint density at radius 1 is 1.12 bits per heavy atom. The smallest absolute Gasteiger partial charge is 0.309 e. The summed E-state index contributed by atoms with van der Waals surface area (Å²) < 4.78 is 4.78. The number of carbonyl (C=O) groups excluding carboxylic acids is 1. The summed E-state index contributed by atoms with van der Waals surface area (Å²) in [6.45, 7) is 14.5. The predicted molar refractivity (Wildman–Crippen MR) is 144 cm³/mol. The summed E-state index contributed by atoms with van der Waals surface area (Å²) in [5, 5.41) is 0. The van der Waals surface area contributed by atoms with E-state index in [0.29, 0.717) is 19.4 Å². The number of methoxy groups -OCH3 is 1. The Balaban J connectivity index is 0.000000586. The van der Waals surface area contributed by atoms with Crippen LogP contribution in [0.2, 0.25) is 0 Å². The molecular weight excluding hydrogens is 406 g/mol. The van der Waals surface area contributed by atoms with Gasteiger partial charge in [-0.3, -0.25) is 4.79 Å². The van der Waals surface area contributed by atoms with Gasteiger partial charge in [0.2, 0.25) is 0 Å². The highest BCUT2D eigenvalue weighted by molar-refractivity contribution is 5.74. The lowest BCUT2D eigenvalue weighted by atomic mass is 9.95. The Bertz CT molecular complexity index is 863. The zero-order valence-corrected chi connectivity index (χ0v) is 21.4. The van der Waals surface area contributed by atoms with Crippen LogP contribution in [0.4, 0.5) is 0 Å². The van der Waals surface area contributed by atoms with E-state index in [1.54, 1.807) is 6.08 Å². The fraction of sp³-hybridized carbons (Fsp3) is 0.367. The predicted octanol–water partition coefficient (Wildman–Crippen LogP) is 7.44. The number of ether oxygens (including phenoxy) is 1. The first-order chi connectivity index (χ1) is 16.0. The van der Waals surface area contributed by atoms with Gasteiger partial charge in [-0.1, -0.05) is 99.2 Å².